The van der Waals surface area contributed by atoms with Gasteiger partial charge in [0.1, 0.15) is 23.2 Å². The van der Waals surface area contributed by atoms with Crippen LogP contribution in [0.25, 0.3) is 0 Å². The number of pyridine rings is 1. The Labute approximate surface area is 153 Å². The number of nitrogens with zero attached hydrogens (tertiary/aromatic N) is 7. The quantitative estimate of drug-likeness (QED) is 0.480. The monoisotopic (exact) mass is 398 g/mol. The molecule has 3 aromatic heterocycles. The maximum Gasteiger partial charge on any atom is 0.222 e. The molecule has 25 heavy (non-hydrogen) atoms. The zero-order valence-corrected chi connectivity index (χ0v) is 14.8. The first-order valence-corrected chi connectivity index (χ1v) is 8.47. The highest BCUT2D eigenvalue weighted by Gasteiger charge is 2.17. The minimum atomic E-state index is -0.545. The molecule has 1 atom stereocenters. The molecule has 0 aliphatic rings. The molecule has 0 radical (unpaired) electrons. The van der Waals surface area contributed by atoms with E-state index in [1.54, 1.807) is 23.3 Å². The molecule has 0 saturated carbocycles. The van der Waals surface area contributed by atoms with Crippen LogP contribution in [0.4, 0.5) is 5.95 Å². The van der Waals surface area contributed by atoms with Gasteiger partial charge in [-0.15, -0.1) is 0 Å². The number of anilines is 1. The van der Waals surface area contributed by atoms with E-state index in [1.807, 2.05) is 18.2 Å². The van der Waals surface area contributed by atoms with Gasteiger partial charge in [-0.3, -0.25) is 4.68 Å². The summed E-state index contributed by atoms with van der Waals surface area (Å²) in [7, 11) is 0. The molecule has 0 aliphatic carbocycles. The maximum atomic E-state index is 9.53. The number of aryl methyl sites for hydroxylation is 1. The van der Waals surface area contributed by atoms with Crippen molar-refractivity contribution in [3.8, 4) is 6.07 Å². The number of rotatable bonds is 7. The Bertz CT molecular complexity index is 859. The van der Waals surface area contributed by atoms with Crippen molar-refractivity contribution in [1.82, 2.24) is 29.7 Å². The lowest BCUT2D eigenvalue weighted by Crippen LogP contribution is -2.11. The minimum absolute atomic E-state index is 0.492. The summed E-state index contributed by atoms with van der Waals surface area (Å²) < 4.78 is 2.45. The molecule has 9 heteroatoms. The second-order valence-electron chi connectivity index (χ2n) is 5.19. The van der Waals surface area contributed by atoms with E-state index in [2.05, 4.69) is 52.4 Å². The average molecular weight is 399 g/mol. The van der Waals surface area contributed by atoms with Gasteiger partial charge in [0.25, 0.3) is 0 Å². The fourth-order valence-electron chi connectivity index (χ4n) is 2.28. The number of nitriles is 1. The summed E-state index contributed by atoms with van der Waals surface area (Å²) in [6.07, 6.45) is 5.69. The molecule has 0 bridgehead atoms. The molecule has 1 N–H and O–H groups in total. The molecule has 3 rings (SSSR count). The highest BCUT2D eigenvalue weighted by Crippen LogP contribution is 2.22. The van der Waals surface area contributed by atoms with Crippen molar-refractivity contribution in [2.75, 3.05) is 11.9 Å². The van der Waals surface area contributed by atoms with Crippen molar-refractivity contribution in [3.63, 3.8) is 0 Å². The molecule has 0 saturated heterocycles. The Hall–Kier alpha value is -2.86. The summed E-state index contributed by atoms with van der Waals surface area (Å²) in [5.74, 6) is -0.0532. The van der Waals surface area contributed by atoms with Crippen molar-refractivity contribution in [1.29, 1.82) is 5.26 Å². The van der Waals surface area contributed by atoms with E-state index in [0.717, 1.165) is 13.0 Å². The van der Waals surface area contributed by atoms with Crippen molar-refractivity contribution < 1.29 is 0 Å². The van der Waals surface area contributed by atoms with Crippen LogP contribution in [0.1, 0.15) is 23.7 Å². The lowest BCUT2D eigenvalue weighted by Gasteiger charge is -2.10. The molecule has 0 amide bonds. The third kappa shape index (κ3) is 4.58. The molecular formula is C16H15BrN8. The van der Waals surface area contributed by atoms with Gasteiger partial charge >= 0.3 is 0 Å². The van der Waals surface area contributed by atoms with Crippen LogP contribution in [0.2, 0.25) is 0 Å². The lowest BCUT2D eigenvalue weighted by molar-refractivity contribution is 0.589. The average Bonchev–Trinajstić information content (AvgIpc) is 3.13. The van der Waals surface area contributed by atoms with Gasteiger partial charge in [-0.2, -0.15) is 10.4 Å². The first-order chi connectivity index (χ1) is 12.3. The van der Waals surface area contributed by atoms with Gasteiger partial charge in [0.15, 0.2) is 0 Å². The largest absolute Gasteiger partial charge is 0.354 e. The van der Waals surface area contributed by atoms with Crippen LogP contribution in [-0.2, 0) is 6.54 Å². The molecule has 3 heterocycles. The first kappa shape index (κ1) is 17.0. The Balaban J connectivity index is 1.64. The molecule has 0 aliphatic heterocycles. The predicted octanol–water partition coefficient (Wildman–Crippen LogP) is 2.38. The second-order valence-corrected chi connectivity index (χ2v) is 6.00. The first-order valence-electron chi connectivity index (χ1n) is 7.67. The van der Waals surface area contributed by atoms with E-state index >= 15 is 0 Å². The summed E-state index contributed by atoms with van der Waals surface area (Å²) in [5, 5.41) is 16.7. The third-order valence-electron chi connectivity index (χ3n) is 3.45. The molecule has 1 unspecified atom stereocenters. The predicted molar refractivity (Wildman–Crippen MR) is 94.6 cm³/mol. The molecule has 8 nitrogen and oxygen atoms in total. The van der Waals surface area contributed by atoms with Crippen LogP contribution in [0, 0.1) is 11.3 Å². The van der Waals surface area contributed by atoms with Crippen LogP contribution < -0.4 is 5.32 Å². The molecule has 0 aromatic carbocycles. The van der Waals surface area contributed by atoms with Crippen LogP contribution in [0.15, 0.2) is 47.7 Å². The second kappa shape index (κ2) is 8.30. The van der Waals surface area contributed by atoms with E-state index in [4.69, 9.17) is 0 Å². The highest BCUT2D eigenvalue weighted by molar-refractivity contribution is 9.10. The summed E-state index contributed by atoms with van der Waals surface area (Å²) in [6, 6.07) is 9.47. The van der Waals surface area contributed by atoms with Crippen molar-refractivity contribution in [2.24, 2.45) is 0 Å². The van der Waals surface area contributed by atoms with Crippen LogP contribution in [0.5, 0.6) is 0 Å². The summed E-state index contributed by atoms with van der Waals surface area (Å²) in [4.78, 5) is 16.9. The Kier molecular flexibility index (Phi) is 5.64. The van der Waals surface area contributed by atoms with E-state index in [0.29, 0.717) is 28.5 Å². The molecule has 0 fully saturated rings. The zero-order valence-electron chi connectivity index (χ0n) is 13.2. The topological polar surface area (TPSA) is 105 Å². The normalized spacial score (nSPS) is 11.7. The van der Waals surface area contributed by atoms with Gasteiger partial charge in [-0.05, 0) is 40.5 Å². The fourth-order valence-corrected chi connectivity index (χ4v) is 2.63. The fraction of sp³-hybridized carbons (Fsp3) is 0.250. The molecule has 3 aromatic rings. The van der Waals surface area contributed by atoms with Gasteiger partial charge in [0.2, 0.25) is 5.95 Å². The third-order valence-corrected chi connectivity index (χ3v) is 3.89. The number of nitrogens with one attached hydrogen (secondary N) is 1. The smallest absolute Gasteiger partial charge is 0.222 e. The van der Waals surface area contributed by atoms with Gasteiger partial charge in [-0.1, -0.05) is 6.07 Å². The van der Waals surface area contributed by atoms with E-state index in [-0.39, 0.29) is 0 Å². The molecule has 0 spiro atoms. The number of halogens is 1. The molecular weight excluding hydrogens is 384 g/mol. The SMILES string of the molecule is N#CC(c1cccc(Br)n1)c1ccnc(NCCCn2cncn2)n1. The Morgan fingerprint density at radius 1 is 1.24 bits per heavy atom. The van der Waals surface area contributed by atoms with E-state index < -0.39 is 5.92 Å². The van der Waals surface area contributed by atoms with Gasteiger partial charge in [-0.25, -0.2) is 19.9 Å². The minimum Gasteiger partial charge on any atom is -0.354 e. The van der Waals surface area contributed by atoms with E-state index in [9.17, 15) is 5.26 Å². The zero-order chi connectivity index (χ0) is 17.5. The van der Waals surface area contributed by atoms with Crippen molar-refractivity contribution in [3.05, 3.63) is 59.1 Å². The Morgan fingerprint density at radius 3 is 2.88 bits per heavy atom. The summed E-state index contributed by atoms with van der Waals surface area (Å²) in [6.45, 7) is 1.45. The van der Waals surface area contributed by atoms with Gasteiger partial charge in [0, 0.05) is 19.3 Å². The van der Waals surface area contributed by atoms with Crippen LogP contribution in [-0.4, -0.2) is 36.3 Å². The van der Waals surface area contributed by atoms with Gasteiger partial charge < -0.3 is 5.32 Å². The number of aromatic nitrogens is 6. The lowest BCUT2D eigenvalue weighted by atomic mass is 10.0. The van der Waals surface area contributed by atoms with E-state index in [1.165, 1.54) is 6.33 Å². The van der Waals surface area contributed by atoms with Crippen molar-refractivity contribution >= 4 is 21.9 Å². The highest BCUT2D eigenvalue weighted by atomic mass is 79.9. The standard InChI is InChI=1S/C16H15BrN8/c17-15-4-1-3-13(23-15)12(9-18)14-5-7-21-16(24-14)20-6-2-8-25-11-19-10-22-25/h1,3-5,7,10-12H,2,6,8H2,(H,20,21,24). The maximum absolute atomic E-state index is 9.53. The summed E-state index contributed by atoms with van der Waals surface area (Å²) >= 11 is 3.33. The molecule has 126 valence electrons. The van der Waals surface area contributed by atoms with Gasteiger partial charge in [0.05, 0.1) is 17.5 Å². The van der Waals surface area contributed by atoms with Crippen LogP contribution in [0.3, 0.4) is 0 Å². The van der Waals surface area contributed by atoms with Crippen molar-refractivity contribution in [2.45, 2.75) is 18.9 Å². The summed E-state index contributed by atoms with van der Waals surface area (Å²) in [5.41, 5.74) is 1.26. The Morgan fingerprint density at radius 2 is 2.12 bits per heavy atom. The van der Waals surface area contributed by atoms with Crippen LogP contribution >= 0.6 is 15.9 Å². The number of hydrogen-bond acceptors (Lipinski definition) is 7. The number of hydrogen-bond donors (Lipinski definition) is 1.